The number of nitrogens with two attached hydrogens (primary N) is 1. The van der Waals surface area contributed by atoms with E-state index in [1.165, 1.54) is 11.1 Å². The summed E-state index contributed by atoms with van der Waals surface area (Å²) in [5, 5.41) is 0. The molecular formula is C17H30N2. The first-order valence-electron chi connectivity index (χ1n) is 7.50. The predicted molar refractivity (Wildman–Crippen MR) is 84.6 cm³/mol. The molecule has 1 rings (SSSR count). The molecule has 0 saturated carbocycles. The molecule has 1 aromatic rings. The Morgan fingerprint density at radius 2 is 1.63 bits per heavy atom. The minimum absolute atomic E-state index is 0.0584. The van der Waals surface area contributed by atoms with Crippen molar-refractivity contribution in [3.63, 3.8) is 0 Å². The minimum Gasteiger partial charge on any atom is -0.329 e. The molecule has 1 aromatic carbocycles. The number of hydrogen-bond acceptors (Lipinski definition) is 2. The first kappa shape index (κ1) is 16.2. The molecule has 1 atom stereocenters. The molecule has 0 radical (unpaired) electrons. The van der Waals surface area contributed by atoms with Crippen LogP contribution in [-0.2, 0) is 6.42 Å². The Hall–Kier alpha value is -0.860. The Morgan fingerprint density at radius 1 is 1.11 bits per heavy atom. The third-order valence-electron chi connectivity index (χ3n) is 4.20. The summed E-state index contributed by atoms with van der Waals surface area (Å²) in [6, 6.07) is 9.01. The van der Waals surface area contributed by atoms with Crippen LogP contribution in [0.25, 0.3) is 0 Å². The lowest BCUT2D eigenvalue weighted by atomic mass is 9.89. The van der Waals surface area contributed by atoms with E-state index in [1.807, 2.05) is 0 Å². The molecule has 0 fully saturated rings. The minimum atomic E-state index is 0.0584. The van der Waals surface area contributed by atoms with E-state index in [1.54, 1.807) is 0 Å². The maximum Gasteiger partial charge on any atom is 0.0343 e. The lowest BCUT2D eigenvalue weighted by Gasteiger charge is -2.39. The molecule has 0 aliphatic heterocycles. The van der Waals surface area contributed by atoms with Gasteiger partial charge in [-0.3, -0.25) is 4.90 Å². The van der Waals surface area contributed by atoms with E-state index in [0.717, 1.165) is 19.5 Å². The summed E-state index contributed by atoms with van der Waals surface area (Å²) in [7, 11) is 0. The second-order valence-electron chi connectivity index (χ2n) is 5.95. The van der Waals surface area contributed by atoms with Crippen molar-refractivity contribution in [2.24, 2.45) is 5.73 Å². The van der Waals surface area contributed by atoms with E-state index in [0.29, 0.717) is 12.5 Å². The van der Waals surface area contributed by atoms with Gasteiger partial charge in [0.05, 0.1) is 0 Å². The van der Waals surface area contributed by atoms with Gasteiger partial charge in [0.15, 0.2) is 0 Å². The monoisotopic (exact) mass is 262 g/mol. The molecule has 0 amide bonds. The van der Waals surface area contributed by atoms with E-state index in [2.05, 4.69) is 63.8 Å². The van der Waals surface area contributed by atoms with Gasteiger partial charge < -0.3 is 5.73 Å². The molecule has 2 nitrogen and oxygen atoms in total. The number of rotatable bonds is 7. The van der Waals surface area contributed by atoms with Crippen LogP contribution in [0.2, 0.25) is 0 Å². The molecule has 0 spiro atoms. The molecule has 0 heterocycles. The van der Waals surface area contributed by atoms with Crippen LogP contribution < -0.4 is 5.73 Å². The van der Waals surface area contributed by atoms with Crippen molar-refractivity contribution in [1.82, 2.24) is 4.90 Å². The quantitative estimate of drug-likeness (QED) is 0.816. The standard InChI is InChI=1S/C17H30N2/c1-6-19(7-2)17(5,13-18)12-15-8-10-16(11-9-15)14(3)4/h8-11,14H,6-7,12-13,18H2,1-5H3. The largest absolute Gasteiger partial charge is 0.329 e. The van der Waals surface area contributed by atoms with Crippen molar-refractivity contribution in [2.45, 2.75) is 52.5 Å². The van der Waals surface area contributed by atoms with Crippen LogP contribution in [0.15, 0.2) is 24.3 Å². The Bertz CT molecular complexity index is 365. The maximum absolute atomic E-state index is 6.04. The number of nitrogens with zero attached hydrogens (tertiary/aromatic N) is 1. The summed E-state index contributed by atoms with van der Waals surface area (Å²) in [5.74, 6) is 0.595. The molecule has 0 saturated heterocycles. The molecule has 108 valence electrons. The summed E-state index contributed by atoms with van der Waals surface area (Å²) < 4.78 is 0. The molecule has 0 aliphatic carbocycles. The van der Waals surface area contributed by atoms with Crippen molar-refractivity contribution in [3.05, 3.63) is 35.4 Å². The average molecular weight is 262 g/mol. The summed E-state index contributed by atoms with van der Waals surface area (Å²) in [6.07, 6.45) is 1.02. The third-order valence-corrected chi connectivity index (χ3v) is 4.20. The zero-order chi connectivity index (χ0) is 14.5. The lowest BCUT2D eigenvalue weighted by Crippen LogP contribution is -2.53. The van der Waals surface area contributed by atoms with Crippen molar-refractivity contribution < 1.29 is 0 Å². The Kier molecular flexibility index (Phi) is 6.02. The highest BCUT2D eigenvalue weighted by molar-refractivity contribution is 5.26. The number of hydrogen-bond donors (Lipinski definition) is 1. The summed E-state index contributed by atoms with van der Waals surface area (Å²) in [4.78, 5) is 2.46. The van der Waals surface area contributed by atoms with E-state index in [9.17, 15) is 0 Å². The average Bonchev–Trinajstić information content (AvgIpc) is 2.40. The van der Waals surface area contributed by atoms with Crippen molar-refractivity contribution in [2.75, 3.05) is 19.6 Å². The molecular weight excluding hydrogens is 232 g/mol. The van der Waals surface area contributed by atoms with Crippen LogP contribution in [0.3, 0.4) is 0 Å². The van der Waals surface area contributed by atoms with E-state index >= 15 is 0 Å². The zero-order valence-corrected chi connectivity index (χ0v) is 13.2. The van der Waals surface area contributed by atoms with Gasteiger partial charge in [-0.25, -0.2) is 0 Å². The van der Waals surface area contributed by atoms with Crippen LogP contribution in [0.4, 0.5) is 0 Å². The SMILES string of the molecule is CCN(CC)C(C)(CN)Cc1ccc(C(C)C)cc1. The smallest absolute Gasteiger partial charge is 0.0343 e. The summed E-state index contributed by atoms with van der Waals surface area (Å²) in [5.41, 5.74) is 8.88. The van der Waals surface area contributed by atoms with Gasteiger partial charge in [0.25, 0.3) is 0 Å². The van der Waals surface area contributed by atoms with Gasteiger partial charge in [0, 0.05) is 12.1 Å². The molecule has 19 heavy (non-hydrogen) atoms. The summed E-state index contributed by atoms with van der Waals surface area (Å²) >= 11 is 0. The Labute approximate surface area is 119 Å². The van der Waals surface area contributed by atoms with Gasteiger partial charge >= 0.3 is 0 Å². The molecule has 0 bridgehead atoms. The molecule has 0 aliphatic rings. The third kappa shape index (κ3) is 4.05. The second kappa shape index (κ2) is 7.06. The fourth-order valence-electron chi connectivity index (χ4n) is 2.76. The van der Waals surface area contributed by atoms with Gasteiger partial charge in [-0.15, -0.1) is 0 Å². The summed E-state index contributed by atoms with van der Waals surface area (Å²) in [6.45, 7) is 13.9. The first-order chi connectivity index (χ1) is 8.96. The van der Waals surface area contributed by atoms with Crippen molar-refractivity contribution in [1.29, 1.82) is 0 Å². The Morgan fingerprint density at radius 3 is 2.00 bits per heavy atom. The van der Waals surface area contributed by atoms with E-state index in [4.69, 9.17) is 5.73 Å². The second-order valence-corrected chi connectivity index (χ2v) is 5.95. The Balaban J connectivity index is 2.86. The van der Waals surface area contributed by atoms with Crippen LogP contribution >= 0.6 is 0 Å². The van der Waals surface area contributed by atoms with Crippen molar-refractivity contribution in [3.8, 4) is 0 Å². The highest BCUT2D eigenvalue weighted by Crippen LogP contribution is 2.22. The fraction of sp³-hybridized carbons (Fsp3) is 0.647. The maximum atomic E-state index is 6.04. The van der Waals surface area contributed by atoms with Gasteiger partial charge in [0.2, 0.25) is 0 Å². The highest BCUT2D eigenvalue weighted by atomic mass is 15.2. The predicted octanol–water partition coefficient (Wildman–Crippen LogP) is 3.41. The fourth-order valence-corrected chi connectivity index (χ4v) is 2.76. The van der Waals surface area contributed by atoms with Gasteiger partial charge in [-0.2, -0.15) is 0 Å². The van der Waals surface area contributed by atoms with E-state index < -0.39 is 0 Å². The van der Waals surface area contributed by atoms with Crippen LogP contribution in [-0.4, -0.2) is 30.1 Å². The van der Waals surface area contributed by atoms with E-state index in [-0.39, 0.29) is 5.54 Å². The van der Waals surface area contributed by atoms with Gasteiger partial charge in [-0.05, 0) is 43.5 Å². The highest BCUT2D eigenvalue weighted by Gasteiger charge is 2.28. The zero-order valence-electron chi connectivity index (χ0n) is 13.2. The first-order valence-corrected chi connectivity index (χ1v) is 7.50. The molecule has 2 N–H and O–H groups in total. The number of likely N-dealkylation sites (N-methyl/N-ethyl adjacent to an activating group) is 1. The van der Waals surface area contributed by atoms with Crippen LogP contribution in [0.1, 0.15) is 51.7 Å². The topological polar surface area (TPSA) is 29.3 Å². The lowest BCUT2D eigenvalue weighted by molar-refractivity contribution is 0.124. The molecule has 1 unspecified atom stereocenters. The van der Waals surface area contributed by atoms with Gasteiger partial charge in [-0.1, -0.05) is 52.0 Å². The van der Waals surface area contributed by atoms with Crippen LogP contribution in [0, 0.1) is 0 Å². The van der Waals surface area contributed by atoms with Crippen LogP contribution in [0.5, 0.6) is 0 Å². The molecule has 2 heteroatoms. The molecule has 0 aromatic heterocycles. The van der Waals surface area contributed by atoms with Gasteiger partial charge in [0.1, 0.15) is 0 Å². The van der Waals surface area contributed by atoms with Crippen molar-refractivity contribution >= 4 is 0 Å². The number of benzene rings is 1. The normalized spacial score (nSPS) is 14.9.